The zero-order valence-electron chi connectivity index (χ0n) is 6.33. The van der Waals surface area contributed by atoms with Crippen LogP contribution in [-0.2, 0) is 0 Å². The van der Waals surface area contributed by atoms with Crippen LogP contribution in [0.25, 0.3) is 0 Å². The minimum absolute atomic E-state index is 0.206. The highest BCUT2D eigenvalue weighted by molar-refractivity contribution is 14.1. The van der Waals surface area contributed by atoms with Gasteiger partial charge in [0.15, 0.2) is 0 Å². The molecule has 0 unspecified atom stereocenters. The Labute approximate surface area is 98.7 Å². The Morgan fingerprint density at radius 3 is 2.29 bits per heavy atom. The standard InChI is InChI=1S/C7H2BrF4IO/c8-4-1-3(14-7(10,11)12)2-5(9)6(4)13/h1-2H. The molecule has 78 valence electrons. The molecule has 0 aliphatic heterocycles. The largest absolute Gasteiger partial charge is 0.573 e. The minimum atomic E-state index is -4.81. The zero-order chi connectivity index (χ0) is 10.9. The highest BCUT2D eigenvalue weighted by Gasteiger charge is 2.31. The van der Waals surface area contributed by atoms with E-state index in [-0.39, 0.29) is 8.04 Å². The van der Waals surface area contributed by atoms with Crippen molar-refractivity contribution in [2.45, 2.75) is 6.36 Å². The van der Waals surface area contributed by atoms with Crippen LogP contribution >= 0.6 is 38.5 Å². The molecule has 14 heavy (non-hydrogen) atoms. The Hall–Kier alpha value is -0.0500. The van der Waals surface area contributed by atoms with Crippen LogP contribution in [-0.4, -0.2) is 6.36 Å². The molecule has 0 aliphatic carbocycles. The lowest BCUT2D eigenvalue weighted by molar-refractivity contribution is -0.274. The fraction of sp³-hybridized carbons (Fsp3) is 0.143. The van der Waals surface area contributed by atoms with Crippen LogP contribution in [0.2, 0.25) is 0 Å². The van der Waals surface area contributed by atoms with Crippen LogP contribution in [0.1, 0.15) is 0 Å². The Morgan fingerprint density at radius 1 is 1.29 bits per heavy atom. The Balaban J connectivity index is 3.02. The van der Waals surface area contributed by atoms with E-state index in [1.807, 2.05) is 0 Å². The van der Waals surface area contributed by atoms with Crippen molar-refractivity contribution in [2.24, 2.45) is 0 Å². The third-order valence-corrected chi connectivity index (χ3v) is 3.65. The average molecular weight is 385 g/mol. The van der Waals surface area contributed by atoms with Gasteiger partial charge in [0.1, 0.15) is 11.6 Å². The molecule has 1 aromatic carbocycles. The van der Waals surface area contributed by atoms with Crippen LogP contribution in [0.5, 0.6) is 5.75 Å². The smallest absolute Gasteiger partial charge is 0.406 e. The fourth-order valence-corrected chi connectivity index (χ4v) is 1.45. The Bertz CT molecular complexity index is 329. The quantitative estimate of drug-likeness (QED) is 0.402. The molecule has 0 atom stereocenters. The van der Waals surface area contributed by atoms with Crippen molar-refractivity contribution in [3.8, 4) is 5.75 Å². The topological polar surface area (TPSA) is 9.23 Å². The predicted octanol–water partition coefficient (Wildman–Crippen LogP) is 4.09. The Kier molecular flexibility index (Phi) is 3.62. The first-order valence-electron chi connectivity index (χ1n) is 3.20. The summed E-state index contributed by atoms with van der Waals surface area (Å²) < 4.78 is 52.1. The van der Waals surface area contributed by atoms with Gasteiger partial charge in [-0.15, -0.1) is 13.2 Å². The van der Waals surface area contributed by atoms with Crippen molar-refractivity contribution < 1.29 is 22.3 Å². The summed E-state index contributed by atoms with van der Waals surface area (Å²) in [6.07, 6.45) is -4.81. The van der Waals surface area contributed by atoms with E-state index in [1.54, 1.807) is 22.6 Å². The fourth-order valence-electron chi connectivity index (χ4n) is 0.725. The van der Waals surface area contributed by atoms with E-state index in [9.17, 15) is 17.6 Å². The van der Waals surface area contributed by atoms with Crippen molar-refractivity contribution in [3.63, 3.8) is 0 Å². The number of benzene rings is 1. The van der Waals surface area contributed by atoms with Crippen molar-refractivity contribution in [3.05, 3.63) is 26.0 Å². The van der Waals surface area contributed by atoms with E-state index in [0.717, 1.165) is 6.07 Å². The van der Waals surface area contributed by atoms with Crippen LogP contribution in [0.3, 0.4) is 0 Å². The normalized spacial score (nSPS) is 11.6. The molecule has 0 bridgehead atoms. The van der Waals surface area contributed by atoms with Crippen molar-refractivity contribution in [1.29, 1.82) is 0 Å². The molecular formula is C7H2BrF4IO. The summed E-state index contributed by atoms with van der Waals surface area (Å²) in [6.45, 7) is 0. The van der Waals surface area contributed by atoms with Gasteiger partial charge in [-0.1, -0.05) is 0 Å². The van der Waals surface area contributed by atoms with Gasteiger partial charge >= 0.3 is 6.36 Å². The van der Waals surface area contributed by atoms with Gasteiger partial charge in [0.05, 0.1) is 3.57 Å². The summed E-state index contributed by atoms with van der Waals surface area (Å²) in [5.74, 6) is -1.35. The number of hydrogen-bond acceptors (Lipinski definition) is 1. The molecule has 0 saturated carbocycles. The molecule has 0 fully saturated rings. The SMILES string of the molecule is Fc1cc(OC(F)(F)F)cc(Br)c1I. The third-order valence-electron chi connectivity index (χ3n) is 1.19. The maximum absolute atomic E-state index is 12.9. The third kappa shape index (κ3) is 3.26. The first kappa shape index (κ1) is 12.0. The molecule has 0 spiro atoms. The van der Waals surface area contributed by atoms with E-state index in [4.69, 9.17) is 0 Å². The van der Waals surface area contributed by atoms with Crippen molar-refractivity contribution >= 4 is 38.5 Å². The molecule has 1 rings (SSSR count). The molecule has 0 N–H and O–H groups in total. The molecule has 1 aromatic rings. The lowest BCUT2D eigenvalue weighted by atomic mass is 10.3. The van der Waals surface area contributed by atoms with Crippen LogP contribution in [0, 0.1) is 9.39 Å². The monoisotopic (exact) mass is 384 g/mol. The van der Waals surface area contributed by atoms with Gasteiger partial charge in [-0.05, 0) is 44.6 Å². The number of halogens is 6. The summed E-state index contributed by atoms with van der Waals surface area (Å²) in [5, 5.41) is 0. The number of alkyl halides is 3. The summed E-state index contributed by atoms with van der Waals surface area (Å²) >= 11 is 4.57. The van der Waals surface area contributed by atoms with Gasteiger partial charge in [0, 0.05) is 10.5 Å². The minimum Gasteiger partial charge on any atom is -0.406 e. The van der Waals surface area contributed by atoms with Crippen LogP contribution < -0.4 is 4.74 Å². The lowest BCUT2D eigenvalue weighted by Gasteiger charge is -2.09. The lowest BCUT2D eigenvalue weighted by Crippen LogP contribution is -2.17. The highest BCUT2D eigenvalue weighted by Crippen LogP contribution is 2.30. The number of ether oxygens (including phenoxy) is 1. The molecular weight excluding hydrogens is 383 g/mol. The molecule has 0 amide bonds. The summed E-state index contributed by atoms with van der Waals surface area (Å²) in [6, 6.07) is 1.73. The van der Waals surface area contributed by atoms with Gasteiger partial charge in [-0.3, -0.25) is 0 Å². The molecule has 0 radical (unpaired) electrons. The molecule has 0 heterocycles. The van der Waals surface area contributed by atoms with Gasteiger partial charge in [-0.25, -0.2) is 4.39 Å². The molecule has 0 saturated heterocycles. The Morgan fingerprint density at radius 2 is 1.86 bits per heavy atom. The second-order valence-corrected chi connectivity index (χ2v) is 4.18. The van der Waals surface area contributed by atoms with E-state index < -0.39 is 17.9 Å². The van der Waals surface area contributed by atoms with Crippen molar-refractivity contribution in [2.75, 3.05) is 0 Å². The summed E-state index contributed by atoms with van der Waals surface area (Å²) in [5.41, 5.74) is 0. The summed E-state index contributed by atoms with van der Waals surface area (Å²) in [4.78, 5) is 0. The zero-order valence-corrected chi connectivity index (χ0v) is 10.1. The van der Waals surface area contributed by atoms with E-state index in [1.165, 1.54) is 0 Å². The van der Waals surface area contributed by atoms with Crippen LogP contribution in [0.4, 0.5) is 17.6 Å². The van der Waals surface area contributed by atoms with Crippen LogP contribution in [0.15, 0.2) is 16.6 Å². The van der Waals surface area contributed by atoms with E-state index in [0.29, 0.717) is 6.07 Å². The predicted molar refractivity (Wildman–Crippen MR) is 53.5 cm³/mol. The first-order chi connectivity index (χ1) is 6.29. The highest BCUT2D eigenvalue weighted by atomic mass is 127. The first-order valence-corrected chi connectivity index (χ1v) is 5.07. The number of hydrogen-bond donors (Lipinski definition) is 0. The number of rotatable bonds is 1. The second kappa shape index (κ2) is 4.21. The van der Waals surface area contributed by atoms with E-state index >= 15 is 0 Å². The maximum Gasteiger partial charge on any atom is 0.573 e. The van der Waals surface area contributed by atoms with E-state index in [2.05, 4.69) is 20.7 Å². The van der Waals surface area contributed by atoms with Crippen molar-refractivity contribution in [1.82, 2.24) is 0 Å². The summed E-state index contributed by atoms with van der Waals surface area (Å²) in [7, 11) is 0. The second-order valence-electron chi connectivity index (χ2n) is 2.25. The maximum atomic E-state index is 12.9. The average Bonchev–Trinajstić information content (AvgIpc) is 1.96. The van der Waals surface area contributed by atoms with Gasteiger partial charge in [0.25, 0.3) is 0 Å². The van der Waals surface area contributed by atoms with Gasteiger partial charge in [0.2, 0.25) is 0 Å². The molecule has 1 nitrogen and oxygen atoms in total. The van der Waals surface area contributed by atoms with Gasteiger partial charge in [-0.2, -0.15) is 0 Å². The van der Waals surface area contributed by atoms with Gasteiger partial charge < -0.3 is 4.74 Å². The molecule has 0 aromatic heterocycles. The molecule has 7 heteroatoms. The molecule has 0 aliphatic rings.